The summed E-state index contributed by atoms with van der Waals surface area (Å²) in [6, 6.07) is 8.11. The van der Waals surface area contributed by atoms with E-state index in [9.17, 15) is 13.2 Å². The number of aromatic nitrogens is 2. The zero-order valence-electron chi connectivity index (χ0n) is 15.9. The van der Waals surface area contributed by atoms with Gasteiger partial charge < -0.3 is 9.64 Å². The molecule has 1 fully saturated rings. The first-order valence-electron chi connectivity index (χ1n) is 9.75. The van der Waals surface area contributed by atoms with Gasteiger partial charge in [-0.3, -0.25) is 9.58 Å². The average molecular weight is 396 g/mol. The lowest BCUT2D eigenvalue weighted by molar-refractivity contribution is -0.274. The van der Waals surface area contributed by atoms with E-state index in [4.69, 9.17) is 0 Å². The molecule has 0 unspecified atom stereocenters. The Bertz CT molecular complexity index is 680. The van der Waals surface area contributed by atoms with Crippen molar-refractivity contribution in [3.63, 3.8) is 0 Å². The number of hydrogen-bond donors (Lipinski definition) is 0. The molecule has 3 rings (SSSR count). The van der Waals surface area contributed by atoms with E-state index in [1.54, 1.807) is 12.1 Å². The van der Waals surface area contributed by atoms with Gasteiger partial charge >= 0.3 is 6.36 Å². The molecule has 28 heavy (non-hydrogen) atoms. The van der Waals surface area contributed by atoms with Crippen LogP contribution in [0.2, 0.25) is 0 Å². The van der Waals surface area contributed by atoms with Crippen molar-refractivity contribution in [1.82, 2.24) is 19.6 Å². The largest absolute Gasteiger partial charge is 0.573 e. The first kappa shape index (κ1) is 20.7. The van der Waals surface area contributed by atoms with E-state index in [2.05, 4.69) is 19.6 Å². The van der Waals surface area contributed by atoms with Crippen LogP contribution in [0.1, 0.15) is 24.8 Å². The van der Waals surface area contributed by atoms with Crippen LogP contribution >= 0.6 is 0 Å². The number of benzene rings is 1. The van der Waals surface area contributed by atoms with E-state index in [0.717, 1.165) is 57.8 Å². The van der Waals surface area contributed by atoms with E-state index in [1.807, 2.05) is 23.1 Å². The van der Waals surface area contributed by atoms with Gasteiger partial charge in [-0.15, -0.1) is 13.2 Å². The minimum Gasteiger partial charge on any atom is -0.406 e. The second-order valence-electron chi connectivity index (χ2n) is 7.14. The Kier molecular flexibility index (Phi) is 7.33. The van der Waals surface area contributed by atoms with Gasteiger partial charge in [-0.25, -0.2) is 0 Å². The van der Waals surface area contributed by atoms with Gasteiger partial charge in [0, 0.05) is 51.7 Å². The van der Waals surface area contributed by atoms with Crippen LogP contribution in [0.4, 0.5) is 13.2 Å². The zero-order chi connectivity index (χ0) is 19.8. The Labute approximate surface area is 163 Å². The van der Waals surface area contributed by atoms with E-state index < -0.39 is 6.36 Å². The van der Waals surface area contributed by atoms with E-state index >= 15 is 0 Å². The molecule has 1 saturated heterocycles. The third-order valence-corrected chi connectivity index (χ3v) is 4.95. The zero-order valence-corrected chi connectivity index (χ0v) is 15.9. The minimum atomic E-state index is -4.64. The fraction of sp³-hybridized carbons (Fsp3) is 0.550. The molecule has 0 saturated carbocycles. The summed E-state index contributed by atoms with van der Waals surface area (Å²) in [7, 11) is 0. The Morgan fingerprint density at radius 1 is 0.893 bits per heavy atom. The predicted molar refractivity (Wildman–Crippen MR) is 101 cm³/mol. The monoisotopic (exact) mass is 396 g/mol. The highest BCUT2D eigenvalue weighted by Crippen LogP contribution is 2.23. The fourth-order valence-electron chi connectivity index (χ4n) is 3.44. The topological polar surface area (TPSA) is 33.5 Å². The number of ether oxygens (including phenoxy) is 1. The Morgan fingerprint density at radius 3 is 2.21 bits per heavy atom. The summed E-state index contributed by atoms with van der Waals surface area (Å²) in [5, 5.41) is 4.21. The summed E-state index contributed by atoms with van der Waals surface area (Å²) in [6.45, 7) is 6.89. The van der Waals surface area contributed by atoms with Crippen molar-refractivity contribution in [2.45, 2.75) is 38.7 Å². The molecule has 8 heteroatoms. The van der Waals surface area contributed by atoms with Crippen LogP contribution in [0, 0.1) is 0 Å². The molecule has 2 heterocycles. The second-order valence-corrected chi connectivity index (χ2v) is 7.14. The van der Waals surface area contributed by atoms with Crippen LogP contribution in [0.25, 0.3) is 0 Å². The molecule has 1 aromatic heterocycles. The third kappa shape index (κ3) is 7.16. The summed E-state index contributed by atoms with van der Waals surface area (Å²) in [4.78, 5) is 4.83. The molecule has 5 nitrogen and oxygen atoms in total. The average Bonchev–Trinajstić information content (AvgIpc) is 3.17. The number of halogens is 3. The van der Waals surface area contributed by atoms with Gasteiger partial charge in [-0.1, -0.05) is 18.6 Å². The van der Waals surface area contributed by atoms with Gasteiger partial charge in [-0.05, 0) is 43.1 Å². The standard InChI is InChI=1S/C20H27F3N4O/c21-20(22,23)28-19-7-5-18(6-8-19)17-26-15-13-25(14-16-26)10-2-1-3-11-27-12-4-9-24-27/h4-9,12H,1-3,10-11,13-17H2. The maximum Gasteiger partial charge on any atom is 0.573 e. The summed E-state index contributed by atoms with van der Waals surface area (Å²) >= 11 is 0. The van der Waals surface area contributed by atoms with Gasteiger partial charge in [-0.2, -0.15) is 5.10 Å². The number of alkyl halides is 3. The molecule has 154 valence electrons. The number of nitrogens with zero attached hydrogens (tertiary/aromatic N) is 4. The van der Waals surface area contributed by atoms with Gasteiger partial charge in [0.2, 0.25) is 0 Å². The van der Waals surface area contributed by atoms with Crippen LogP contribution in [0.5, 0.6) is 5.75 Å². The number of aryl methyl sites for hydroxylation is 1. The van der Waals surface area contributed by atoms with E-state index in [-0.39, 0.29) is 5.75 Å². The van der Waals surface area contributed by atoms with Crippen molar-refractivity contribution < 1.29 is 17.9 Å². The molecular formula is C20H27F3N4O. The molecule has 0 amide bonds. The van der Waals surface area contributed by atoms with Crippen LogP contribution in [-0.2, 0) is 13.1 Å². The van der Waals surface area contributed by atoms with Crippen molar-refractivity contribution in [3.05, 3.63) is 48.3 Å². The molecule has 0 N–H and O–H groups in total. The summed E-state index contributed by atoms with van der Waals surface area (Å²) in [5.74, 6) is -0.173. The highest BCUT2D eigenvalue weighted by atomic mass is 19.4. The summed E-state index contributed by atoms with van der Waals surface area (Å²) < 4.78 is 42.5. The molecule has 1 aliphatic heterocycles. The highest BCUT2D eigenvalue weighted by molar-refractivity contribution is 5.27. The molecule has 0 bridgehead atoms. The van der Waals surface area contributed by atoms with Crippen molar-refractivity contribution in [2.24, 2.45) is 0 Å². The molecule has 1 aliphatic rings. The Morgan fingerprint density at radius 2 is 1.57 bits per heavy atom. The van der Waals surface area contributed by atoms with Crippen molar-refractivity contribution in [3.8, 4) is 5.75 Å². The van der Waals surface area contributed by atoms with Crippen LogP contribution in [0.3, 0.4) is 0 Å². The van der Waals surface area contributed by atoms with Crippen LogP contribution < -0.4 is 4.74 Å². The lowest BCUT2D eigenvalue weighted by Gasteiger charge is -2.34. The number of piperazine rings is 1. The quantitative estimate of drug-likeness (QED) is 0.605. The Hall–Kier alpha value is -2.06. The molecule has 0 radical (unpaired) electrons. The summed E-state index contributed by atoms with van der Waals surface area (Å²) in [6.07, 6.45) is 2.71. The van der Waals surface area contributed by atoms with Gasteiger partial charge in [0.25, 0.3) is 0 Å². The SMILES string of the molecule is FC(F)(F)Oc1ccc(CN2CCN(CCCCCn3cccn3)CC2)cc1. The second kappa shape index (κ2) is 9.93. The van der Waals surface area contributed by atoms with Gasteiger partial charge in [0.1, 0.15) is 5.75 Å². The smallest absolute Gasteiger partial charge is 0.406 e. The number of rotatable bonds is 9. The Balaban J connectivity index is 1.29. The molecule has 1 aromatic carbocycles. The summed E-state index contributed by atoms with van der Waals surface area (Å²) in [5.41, 5.74) is 1.00. The maximum atomic E-state index is 12.2. The highest BCUT2D eigenvalue weighted by Gasteiger charge is 2.31. The van der Waals surface area contributed by atoms with E-state index in [1.165, 1.54) is 25.0 Å². The third-order valence-electron chi connectivity index (χ3n) is 4.95. The van der Waals surface area contributed by atoms with Crippen molar-refractivity contribution >= 4 is 0 Å². The minimum absolute atomic E-state index is 0.173. The first-order valence-corrected chi connectivity index (χ1v) is 9.75. The normalized spacial score (nSPS) is 16.4. The van der Waals surface area contributed by atoms with Crippen LogP contribution in [-0.4, -0.2) is 58.7 Å². The first-order chi connectivity index (χ1) is 13.5. The van der Waals surface area contributed by atoms with Gasteiger partial charge in [0.15, 0.2) is 0 Å². The van der Waals surface area contributed by atoms with Crippen LogP contribution in [0.15, 0.2) is 42.7 Å². The van der Waals surface area contributed by atoms with Crippen molar-refractivity contribution in [2.75, 3.05) is 32.7 Å². The number of hydrogen-bond acceptors (Lipinski definition) is 4. The van der Waals surface area contributed by atoms with E-state index in [0.29, 0.717) is 0 Å². The van der Waals surface area contributed by atoms with Crippen molar-refractivity contribution in [1.29, 1.82) is 0 Å². The fourth-order valence-corrected chi connectivity index (χ4v) is 3.44. The molecule has 0 aliphatic carbocycles. The molecule has 2 aromatic rings. The molecular weight excluding hydrogens is 369 g/mol. The lowest BCUT2D eigenvalue weighted by atomic mass is 10.1. The predicted octanol–water partition coefficient (Wildman–Crippen LogP) is 3.77. The lowest BCUT2D eigenvalue weighted by Crippen LogP contribution is -2.46. The van der Waals surface area contributed by atoms with Gasteiger partial charge in [0.05, 0.1) is 0 Å². The maximum absolute atomic E-state index is 12.2. The number of unbranched alkanes of at least 4 members (excludes halogenated alkanes) is 2. The molecule has 0 spiro atoms. The molecule has 0 atom stereocenters.